The van der Waals surface area contributed by atoms with Crippen LogP contribution >= 0.6 is 11.3 Å². The molecule has 0 aliphatic heterocycles. The summed E-state index contributed by atoms with van der Waals surface area (Å²) >= 11 is 0.495. The van der Waals surface area contributed by atoms with Gasteiger partial charge in [0.05, 0.1) is 5.51 Å². The van der Waals surface area contributed by atoms with E-state index in [1.807, 2.05) is 0 Å². The van der Waals surface area contributed by atoms with Crippen molar-refractivity contribution in [2.75, 3.05) is 5.73 Å². The second-order valence-corrected chi connectivity index (χ2v) is 2.42. The van der Waals surface area contributed by atoms with E-state index in [2.05, 4.69) is 4.98 Å². The molecular formula is C4H3F3N2S. The Bertz CT molecular complexity index is 229. The molecule has 56 valence electrons. The predicted molar refractivity (Wildman–Crippen MR) is 31.5 cm³/mol. The van der Waals surface area contributed by atoms with Crippen LogP contribution < -0.4 is 5.73 Å². The Morgan fingerprint density at radius 3 is 2.30 bits per heavy atom. The van der Waals surface area contributed by atoms with Gasteiger partial charge in [-0.3, -0.25) is 0 Å². The minimum Gasteiger partial charge on any atom is -0.382 e. The standard InChI is InChI=1S/C4H3F3N2S/c5-4(6,7)2-3(8)9-1-10-2/h1H,8H2. The van der Waals surface area contributed by atoms with Gasteiger partial charge in [0.2, 0.25) is 0 Å². The van der Waals surface area contributed by atoms with E-state index in [0.717, 1.165) is 5.51 Å². The maximum Gasteiger partial charge on any atom is 0.429 e. The van der Waals surface area contributed by atoms with Crippen LogP contribution in [0.4, 0.5) is 19.0 Å². The molecular weight excluding hydrogens is 165 g/mol. The molecule has 1 aromatic rings. The van der Waals surface area contributed by atoms with Crippen LogP contribution in [0.25, 0.3) is 0 Å². The van der Waals surface area contributed by atoms with Gasteiger partial charge in [-0.25, -0.2) is 4.98 Å². The minimum atomic E-state index is -4.36. The summed E-state index contributed by atoms with van der Waals surface area (Å²) in [7, 11) is 0. The number of anilines is 1. The maximum atomic E-state index is 11.8. The van der Waals surface area contributed by atoms with Crippen molar-refractivity contribution < 1.29 is 13.2 Å². The summed E-state index contributed by atoms with van der Waals surface area (Å²) in [5.41, 5.74) is 5.97. The van der Waals surface area contributed by atoms with E-state index >= 15 is 0 Å². The number of hydrogen-bond donors (Lipinski definition) is 1. The molecule has 0 amide bonds. The first kappa shape index (κ1) is 7.33. The molecule has 0 bridgehead atoms. The highest BCUT2D eigenvalue weighted by molar-refractivity contribution is 7.10. The van der Waals surface area contributed by atoms with E-state index in [-0.39, 0.29) is 0 Å². The Hall–Kier alpha value is -0.780. The molecule has 1 rings (SSSR count). The van der Waals surface area contributed by atoms with Crippen LogP contribution in [0.15, 0.2) is 5.51 Å². The monoisotopic (exact) mass is 168 g/mol. The van der Waals surface area contributed by atoms with Crippen molar-refractivity contribution in [3.8, 4) is 0 Å². The van der Waals surface area contributed by atoms with E-state index in [4.69, 9.17) is 5.73 Å². The summed E-state index contributed by atoms with van der Waals surface area (Å²) < 4.78 is 35.3. The Labute approximate surface area is 58.5 Å². The summed E-state index contributed by atoms with van der Waals surface area (Å²) in [6.45, 7) is 0. The van der Waals surface area contributed by atoms with Crippen LogP contribution in [0.2, 0.25) is 0 Å². The fourth-order valence-corrected chi connectivity index (χ4v) is 1.05. The normalized spacial score (nSPS) is 11.9. The van der Waals surface area contributed by atoms with Gasteiger partial charge < -0.3 is 5.73 Å². The fourth-order valence-electron chi connectivity index (χ4n) is 0.467. The SMILES string of the molecule is Nc1ncsc1C(F)(F)F. The molecule has 2 nitrogen and oxygen atoms in total. The Morgan fingerprint density at radius 2 is 2.10 bits per heavy atom. The van der Waals surface area contributed by atoms with Gasteiger partial charge in [-0.1, -0.05) is 0 Å². The number of aromatic nitrogens is 1. The molecule has 1 heterocycles. The molecule has 0 radical (unpaired) electrons. The number of nitrogens with zero attached hydrogens (tertiary/aromatic N) is 1. The third kappa shape index (κ3) is 1.21. The van der Waals surface area contributed by atoms with E-state index in [1.54, 1.807) is 0 Å². The smallest absolute Gasteiger partial charge is 0.382 e. The number of alkyl halides is 3. The van der Waals surface area contributed by atoms with Crippen molar-refractivity contribution in [3.05, 3.63) is 10.4 Å². The highest BCUT2D eigenvalue weighted by Crippen LogP contribution is 2.35. The number of nitrogen functional groups attached to an aromatic ring is 1. The quantitative estimate of drug-likeness (QED) is 0.640. The molecule has 0 fully saturated rings. The van der Waals surface area contributed by atoms with Crippen LogP contribution in [0.5, 0.6) is 0 Å². The number of halogens is 3. The fraction of sp³-hybridized carbons (Fsp3) is 0.250. The summed E-state index contributed by atoms with van der Waals surface area (Å²) in [4.78, 5) is 2.43. The van der Waals surface area contributed by atoms with E-state index < -0.39 is 16.9 Å². The number of thiazole rings is 1. The second-order valence-electron chi connectivity index (χ2n) is 1.56. The lowest BCUT2D eigenvalue weighted by atomic mass is 10.5. The minimum absolute atomic E-state index is 0.447. The molecule has 10 heavy (non-hydrogen) atoms. The van der Waals surface area contributed by atoms with Crippen LogP contribution in [-0.2, 0) is 6.18 Å². The zero-order chi connectivity index (χ0) is 7.78. The molecule has 0 aliphatic carbocycles. The Morgan fingerprint density at radius 1 is 1.50 bits per heavy atom. The number of nitrogens with two attached hydrogens (primary N) is 1. The Kier molecular flexibility index (Phi) is 1.55. The average Bonchev–Trinajstić information content (AvgIpc) is 2.11. The van der Waals surface area contributed by atoms with Crippen LogP contribution in [0.1, 0.15) is 4.88 Å². The molecule has 0 saturated carbocycles. The largest absolute Gasteiger partial charge is 0.429 e. The van der Waals surface area contributed by atoms with E-state index in [0.29, 0.717) is 11.3 Å². The molecule has 1 aromatic heterocycles. The Balaban J connectivity index is 3.05. The van der Waals surface area contributed by atoms with Crippen LogP contribution in [-0.4, -0.2) is 4.98 Å². The lowest BCUT2D eigenvalue weighted by Crippen LogP contribution is -2.05. The zero-order valence-electron chi connectivity index (χ0n) is 4.64. The number of hydrogen-bond acceptors (Lipinski definition) is 3. The first-order valence-corrected chi connectivity index (χ1v) is 3.16. The van der Waals surface area contributed by atoms with Crippen molar-refractivity contribution >= 4 is 17.2 Å². The summed E-state index contributed by atoms with van der Waals surface area (Å²) in [5.74, 6) is -0.447. The highest BCUT2D eigenvalue weighted by Gasteiger charge is 2.35. The average molecular weight is 168 g/mol. The molecule has 0 saturated heterocycles. The van der Waals surface area contributed by atoms with Crippen molar-refractivity contribution in [2.24, 2.45) is 0 Å². The van der Waals surface area contributed by atoms with Gasteiger partial charge in [0.25, 0.3) is 0 Å². The predicted octanol–water partition coefficient (Wildman–Crippen LogP) is 1.74. The third-order valence-corrected chi connectivity index (χ3v) is 1.74. The lowest BCUT2D eigenvalue weighted by molar-refractivity contribution is -0.133. The third-order valence-electron chi connectivity index (χ3n) is 0.852. The molecule has 0 spiro atoms. The summed E-state index contributed by atoms with van der Waals surface area (Å²) in [5, 5.41) is 0. The van der Waals surface area contributed by atoms with Gasteiger partial charge >= 0.3 is 6.18 Å². The van der Waals surface area contributed by atoms with Crippen LogP contribution in [0.3, 0.4) is 0 Å². The molecule has 0 aromatic carbocycles. The van der Waals surface area contributed by atoms with Crippen molar-refractivity contribution in [2.45, 2.75) is 6.18 Å². The van der Waals surface area contributed by atoms with Crippen molar-refractivity contribution in [3.63, 3.8) is 0 Å². The summed E-state index contributed by atoms with van der Waals surface area (Å²) in [6, 6.07) is 0. The van der Waals surface area contributed by atoms with Gasteiger partial charge in [-0.05, 0) is 0 Å². The number of rotatable bonds is 0. The van der Waals surface area contributed by atoms with E-state index in [9.17, 15) is 13.2 Å². The second kappa shape index (κ2) is 2.12. The first-order valence-electron chi connectivity index (χ1n) is 2.28. The molecule has 6 heteroatoms. The first-order chi connectivity index (χ1) is 4.52. The van der Waals surface area contributed by atoms with Gasteiger partial charge in [0.1, 0.15) is 5.82 Å². The van der Waals surface area contributed by atoms with Gasteiger partial charge in [-0.15, -0.1) is 11.3 Å². The van der Waals surface area contributed by atoms with Gasteiger partial charge in [-0.2, -0.15) is 13.2 Å². The van der Waals surface area contributed by atoms with Crippen LogP contribution in [0, 0.1) is 0 Å². The zero-order valence-corrected chi connectivity index (χ0v) is 5.46. The van der Waals surface area contributed by atoms with Crippen molar-refractivity contribution in [1.82, 2.24) is 4.98 Å². The maximum absolute atomic E-state index is 11.8. The highest BCUT2D eigenvalue weighted by atomic mass is 32.1. The topological polar surface area (TPSA) is 38.9 Å². The molecule has 0 atom stereocenters. The molecule has 0 unspecified atom stereocenters. The molecule has 0 aliphatic rings. The van der Waals surface area contributed by atoms with E-state index in [1.165, 1.54) is 0 Å². The van der Waals surface area contributed by atoms with Crippen molar-refractivity contribution in [1.29, 1.82) is 0 Å². The van der Waals surface area contributed by atoms with Gasteiger partial charge in [0, 0.05) is 0 Å². The molecule has 2 N–H and O–H groups in total. The summed E-state index contributed by atoms with van der Waals surface area (Å²) in [6.07, 6.45) is -4.36. The van der Waals surface area contributed by atoms with Gasteiger partial charge in [0.15, 0.2) is 4.88 Å². The lowest BCUT2D eigenvalue weighted by Gasteiger charge is -2.01.